The highest BCUT2D eigenvalue weighted by Gasteiger charge is 2.35. The van der Waals surface area contributed by atoms with Crippen LogP contribution in [0.3, 0.4) is 0 Å². The van der Waals surface area contributed by atoms with E-state index in [-0.39, 0.29) is 10.1 Å². The van der Waals surface area contributed by atoms with Crippen LogP contribution in [-0.2, 0) is 21.4 Å². The molecule has 3 aromatic heterocycles. The summed E-state index contributed by atoms with van der Waals surface area (Å²) in [5.74, 6) is 0.206. The molecule has 3 N–H and O–H groups in total. The SMILES string of the molecule is Nc1nccc2ccc(CN3CC[C@@H](NS(=O)(=O)c4cc5ncccc5s4)C3=O)cc12. The number of nitrogens with two attached hydrogens (primary N) is 1. The largest absolute Gasteiger partial charge is 0.383 e. The maximum Gasteiger partial charge on any atom is 0.250 e. The molecule has 4 aromatic rings. The summed E-state index contributed by atoms with van der Waals surface area (Å²) in [6, 6.07) is 12.0. The Hall–Kier alpha value is -3.08. The first-order valence-electron chi connectivity index (χ1n) is 9.69. The van der Waals surface area contributed by atoms with Gasteiger partial charge in [-0.3, -0.25) is 9.78 Å². The van der Waals surface area contributed by atoms with Gasteiger partial charge in [-0.25, -0.2) is 13.4 Å². The second-order valence-corrected chi connectivity index (χ2v) is 10.5. The van der Waals surface area contributed by atoms with E-state index < -0.39 is 16.1 Å². The number of nitrogens with zero attached hydrogens (tertiary/aromatic N) is 3. The van der Waals surface area contributed by atoms with Gasteiger partial charge < -0.3 is 10.6 Å². The minimum absolute atomic E-state index is 0.157. The normalized spacial score (nSPS) is 17.1. The second-order valence-electron chi connectivity index (χ2n) is 7.43. The first-order valence-corrected chi connectivity index (χ1v) is 12.0. The Labute approximate surface area is 182 Å². The number of aromatic nitrogens is 2. The molecule has 0 spiro atoms. The number of benzene rings is 1. The fraction of sp³-hybridized carbons (Fsp3) is 0.190. The molecule has 1 saturated heterocycles. The summed E-state index contributed by atoms with van der Waals surface area (Å²) in [4.78, 5) is 22.8. The molecule has 4 heterocycles. The Morgan fingerprint density at radius 1 is 1.16 bits per heavy atom. The zero-order valence-corrected chi connectivity index (χ0v) is 18.0. The highest BCUT2D eigenvalue weighted by atomic mass is 32.2. The van der Waals surface area contributed by atoms with Crippen LogP contribution in [0.1, 0.15) is 12.0 Å². The number of rotatable bonds is 5. The molecular weight excluding hydrogens is 434 g/mol. The molecule has 5 rings (SSSR count). The number of carbonyl (C=O) groups excluding carboxylic acids is 1. The summed E-state index contributed by atoms with van der Waals surface area (Å²) in [5.41, 5.74) is 7.50. The number of thiophene rings is 1. The van der Waals surface area contributed by atoms with Gasteiger partial charge in [0.1, 0.15) is 16.1 Å². The van der Waals surface area contributed by atoms with Crippen molar-refractivity contribution in [3.05, 3.63) is 60.4 Å². The number of hydrogen-bond donors (Lipinski definition) is 2. The summed E-state index contributed by atoms with van der Waals surface area (Å²) in [6.45, 7) is 0.856. The molecule has 0 bridgehead atoms. The molecule has 31 heavy (non-hydrogen) atoms. The van der Waals surface area contributed by atoms with E-state index in [1.165, 1.54) is 6.07 Å². The minimum atomic E-state index is -3.81. The van der Waals surface area contributed by atoms with Crippen LogP contribution in [0.2, 0.25) is 0 Å². The van der Waals surface area contributed by atoms with Gasteiger partial charge in [-0.2, -0.15) is 4.72 Å². The summed E-state index contributed by atoms with van der Waals surface area (Å²) >= 11 is 1.14. The summed E-state index contributed by atoms with van der Waals surface area (Å²) in [6.07, 6.45) is 3.69. The first kappa shape index (κ1) is 19.9. The Bertz CT molecular complexity index is 1380. The van der Waals surface area contributed by atoms with Gasteiger partial charge in [-0.15, -0.1) is 11.3 Å². The van der Waals surface area contributed by atoms with E-state index in [0.29, 0.717) is 30.8 Å². The third kappa shape index (κ3) is 3.73. The van der Waals surface area contributed by atoms with Crippen molar-refractivity contribution in [2.24, 2.45) is 0 Å². The molecule has 1 fully saturated rings. The average Bonchev–Trinajstić information content (AvgIpc) is 3.34. The van der Waals surface area contributed by atoms with Crippen LogP contribution in [0.4, 0.5) is 5.82 Å². The number of anilines is 1. The van der Waals surface area contributed by atoms with Gasteiger partial charge in [-0.1, -0.05) is 12.1 Å². The van der Waals surface area contributed by atoms with Crippen LogP contribution in [0.25, 0.3) is 21.0 Å². The number of nitrogen functional groups attached to an aromatic ring is 1. The van der Waals surface area contributed by atoms with Gasteiger partial charge in [0, 0.05) is 30.9 Å². The predicted octanol–water partition coefficient (Wildman–Crippen LogP) is 2.51. The maximum atomic E-state index is 12.9. The number of hydrogen-bond acceptors (Lipinski definition) is 7. The van der Waals surface area contributed by atoms with Gasteiger partial charge in [0.05, 0.1) is 10.2 Å². The number of likely N-dealkylation sites (tertiary alicyclic amines) is 1. The lowest BCUT2D eigenvalue weighted by Gasteiger charge is -2.17. The van der Waals surface area contributed by atoms with Crippen LogP contribution >= 0.6 is 11.3 Å². The average molecular weight is 454 g/mol. The topological polar surface area (TPSA) is 118 Å². The van der Waals surface area contributed by atoms with Crippen molar-refractivity contribution in [2.45, 2.75) is 23.2 Å². The second kappa shape index (κ2) is 7.56. The van der Waals surface area contributed by atoms with Crippen LogP contribution in [-0.4, -0.2) is 41.8 Å². The number of amides is 1. The van der Waals surface area contributed by atoms with E-state index in [9.17, 15) is 13.2 Å². The van der Waals surface area contributed by atoms with Crippen LogP contribution in [0.5, 0.6) is 0 Å². The van der Waals surface area contributed by atoms with Crippen molar-refractivity contribution >= 4 is 54.1 Å². The summed E-state index contributed by atoms with van der Waals surface area (Å²) < 4.78 is 29.2. The Kier molecular flexibility index (Phi) is 4.84. The molecule has 0 saturated carbocycles. The van der Waals surface area contributed by atoms with Gasteiger partial charge in [0.2, 0.25) is 5.91 Å². The highest BCUT2D eigenvalue weighted by Crippen LogP contribution is 2.28. The molecule has 1 aliphatic heterocycles. The van der Waals surface area contributed by atoms with E-state index in [1.54, 1.807) is 23.4 Å². The number of fused-ring (bicyclic) bond motifs is 2. The third-order valence-corrected chi connectivity index (χ3v) is 8.39. The van der Waals surface area contributed by atoms with Crippen molar-refractivity contribution < 1.29 is 13.2 Å². The van der Waals surface area contributed by atoms with E-state index in [1.807, 2.05) is 30.3 Å². The zero-order valence-electron chi connectivity index (χ0n) is 16.4. The smallest absolute Gasteiger partial charge is 0.250 e. The molecule has 1 amide bonds. The van der Waals surface area contributed by atoms with Crippen molar-refractivity contribution in [1.29, 1.82) is 0 Å². The van der Waals surface area contributed by atoms with E-state index in [4.69, 9.17) is 5.73 Å². The van der Waals surface area contributed by atoms with Gasteiger partial charge in [0.15, 0.2) is 0 Å². The number of carbonyl (C=O) groups is 1. The van der Waals surface area contributed by atoms with Gasteiger partial charge in [0.25, 0.3) is 10.0 Å². The Morgan fingerprint density at radius 3 is 2.87 bits per heavy atom. The minimum Gasteiger partial charge on any atom is -0.383 e. The third-order valence-electron chi connectivity index (χ3n) is 5.36. The molecule has 0 aliphatic carbocycles. The quantitative estimate of drug-likeness (QED) is 0.479. The lowest BCUT2D eigenvalue weighted by Crippen LogP contribution is -2.41. The lowest BCUT2D eigenvalue weighted by atomic mass is 10.1. The Balaban J connectivity index is 1.32. The zero-order chi connectivity index (χ0) is 21.6. The van der Waals surface area contributed by atoms with Crippen molar-refractivity contribution in [3.8, 4) is 0 Å². The van der Waals surface area contributed by atoms with E-state index in [2.05, 4.69) is 14.7 Å². The highest BCUT2D eigenvalue weighted by molar-refractivity contribution is 7.91. The monoisotopic (exact) mass is 453 g/mol. The molecular formula is C21H19N5O3S2. The summed E-state index contributed by atoms with van der Waals surface area (Å²) in [5, 5.41) is 1.81. The summed E-state index contributed by atoms with van der Waals surface area (Å²) in [7, 11) is -3.81. The van der Waals surface area contributed by atoms with E-state index in [0.717, 1.165) is 32.4 Å². The molecule has 10 heteroatoms. The van der Waals surface area contributed by atoms with Gasteiger partial charge in [-0.05, 0) is 47.7 Å². The van der Waals surface area contributed by atoms with Crippen molar-refractivity contribution in [3.63, 3.8) is 0 Å². The number of nitrogens with one attached hydrogen (secondary N) is 1. The lowest BCUT2D eigenvalue weighted by molar-refractivity contribution is -0.129. The van der Waals surface area contributed by atoms with Gasteiger partial charge >= 0.3 is 0 Å². The van der Waals surface area contributed by atoms with E-state index >= 15 is 0 Å². The fourth-order valence-electron chi connectivity index (χ4n) is 3.79. The standard InChI is InChI=1S/C21H19N5O3S2/c22-20-15-10-13(3-4-14(15)5-8-24-20)12-26-9-6-16(21(26)27)25-31(28,29)19-11-17-18(30-19)2-1-7-23-17/h1-5,7-8,10-11,16,25H,6,9,12H2,(H2,22,24)/t16-/m1/s1. The van der Waals surface area contributed by atoms with Crippen molar-refractivity contribution in [2.75, 3.05) is 12.3 Å². The number of sulfonamides is 1. The molecule has 1 aromatic carbocycles. The predicted molar refractivity (Wildman–Crippen MR) is 120 cm³/mol. The van der Waals surface area contributed by atoms with Crippen molar-refractivity contribution in [1.82, 2.24) is 19.6 Å². The molecule has 0 unspecified atom stereocenters. The first-order chi connectivity index (χ1) is 14.9. The fourth-order valence-corrected chi connectivity index (χ4v) is 6.37. The van der Waals surface area contributed by atoms with Crippen LogP contribution in [0, 0.1) is 0 Å². The molecule has 0 radical (unpaired) electrons. The molecule has 1 aliphatic rings. The number of pyridine rings is 2. The molecule has 1 atom stereocenters. The van der Waals surface area contributed by atoms with Crippen LogP contribution in [0.15, 0.2) is 59.1 Å². The Morgan fingerprint density at radius 2 is 2.03 bits per heavy atom. The maximum absolute atomic E-state index is 12.9. The van der Waals surface area contributed by atoms with Crippen LogP contribution < -0.4 is 10.5 Å². The molecule has 158 valence electrons. The molecule has 8 nitrogen and oxygen atoms in total.